The van der Waals surface area contributed by atoms with Crippen molar-refractivity contribution in [2.24, 2.45) is 0 Å². The zero-order valence-corrected chi connectivity index (χ0v) is 21.7. The van der Waals surface area contributed by atoms with E-state index in [9.17, 15) is 0 Å². The minimum atomic E-state index is 0.703. The van der Waals surface area contributed by atoms with Crippen molar-refractivity contribution in [1.82, 2.24) is 24.3 Å². The second-order valence-corrected chi connectivity index (χ2v) is 11.2. The first kappa shape index (κ1) is 22.9. The molecule has 0 amide bonds. The summed E-state index contributed by atoms with van der Waals surface area (Å²) < 4.78 is 9.04. The summed E-state index contributed by atoms with van der Waals surface area (Å²) in [4.78, 5) is 19.0. The fourth-order valence-electron chi connectivity index (χ4n) is 5.49. The number of thiophene rings is 1. The number of benzene rings is 1. The molecule has 0 spiro atoms. The number of fused-ring (bicyclic) bond motifs is 2. The third kappa shape index (κ3) is 4.44. The molecule has 2 saturated heterocycles. The number of hydrogen-bond donors (Lipinski definition) is 0. The number of morpholine rings is 1. The Morgan fingerprint density at radius 3 is 2.57 bits per heavy atom. The summed E-state index contributed by atoms with van der Waals surface area (Å²) in [7, 11) is 4.40. The van der Waals surface area contributed by atoms with Crippen molar-refractivity contribution < 1.29 is 4.74 Å². The second kappa shape index (κ2) is 9.50. The second-order valence-electron chi connectivity index (χ2n) is 10.0. The molecule has 2 aliphatic heterocycles. The van der Waals surface area contributed by atoms with Gasteiger partial charge in [-0.1, -0.05) is 18.2 Å². The number of likely N-dealkylation sites (tertiary alicyclic amines) is 1. The maximum Gasteiger partial charge on any atom is 0.236 e. The van der Waals surface area contributed by atoms with Crippen molar-refractivity contribution in [3.63, 3.8) is 0 Å². The van der Waals surface area contributed by atoms with Crippen molar-refractivity contribution in [3.05, 3.63) is 47.0 Å². The molecule has 1 aromatic carbocycles. The van der Waals surface area contributed by atoms with E-state index < -0.39 is 0 Å². The van der Waals surface area contributed by atoms with E-state index in [1.807, 2.05) is 11.3 Å². The van der Waals surface area contributed by atoms with Gasteiger partial charge < -0.3 is 14.5 Å². The standard InChI is InChI=1S/C27H34N6OS/c1-19-16-20-6-4-5-7-24(20)33(19)27-28-23-17-22(18-31-10-8-21(9-11-31)30(2)3)35-25(23)26(29-27)32-12-14-34-15-13-32/h4-7,16-17,21H,8-15,18H2,1-3H3. The molecule has 2 fully saturated rings. The van der Waals surface area contributed by atoms with Gasteiger partial charge in [0.1, 0.15) is 0 Å². The molecule has 8 heteroatoms. The predicted octanol–water partition coefficient (Wildman–Crippen LogP) is 4.31. The molecular formula is C27H34N6OS. The first-order valence-corrected chi connectivity index (χ1v) is 13.5. The first-order valence-electron chi connectivity index (χ1n) is 12.7. The monoisotopic (exact) mass is 490 g/mol. The van der Waals surface area contributed by atoms with E-state index in [-0.39, 0.29) is 0 Å². The highest BCUT2D eigenvalue weighted by atomic mass is 32.1. The van der Waals surface area contributed by atoms with Crippen LogP contribution in [0.15, 0.2) is 36.4 Å². The predicted molar refractivity (Wildman–Crippen MR) is 144 cm³/mol. The topological polar surface area (TPSA) is 49.7 Å². The van der Waals surface area contributed by atoms with E-state index in [0.717, 1.165) is 74.4 Å². The molecule has 3 aromatic heterocycles. The van der Waals surface area contributed by atoms with Crippen LogP contribution in [0.5, 0.6) is 0 Å². The largest absolute Gasteiger partial charge is 0.378 e. The number of aryl methyl sites for hydroxylation is 1. The maximum atomic E-state index is 5.65. The Hall–Kier alpha value is -2.52. The van der Waals surface area contributed by atoms with Gasteiger partial charge in [0.15, 0.2) is 5.82 Å². The number of aromatic nitrogens is 3. The van der Waals surface area contributed by atoms with E-state index >= 15 is 0 Å². The summed E-state index contributed by atoms with van der Waals surface area (Å²) in [5.74, 6) is 1.81. The SMILES string of the molecule is Cc1cc2ccccc2n1-c1nc(N2CCOCC2)c2sc(CN3CCC(N(C)C)CC3)cc2n1. The van der Waals surface area contributed by atoms with Crippen molar-refractivity contribution in [3.8, 4) is 5.95 Å². The number of rotatable bonds is 5. The van der Waals surface area contributed by atoms with Gasteiger partial charge in [-0.15, -0.1) is 11.3 Å². The maximum absolute atomic E-state index is 5.65. The molecule has 6 rings (SSSR count). The molecular weight excluding hydrogens is 456 g/mol. The van der Waals surface area contributed by atoms with Gasteiger partial charge >= 0.3 is 0 Å². The summed E-state index contributed by atoms with van der Waals surface area (Å²) in [6, 6.07) is 13.7. The third-order valence-electron chi connectivity index (χ3n) is 7.47. The number of anilines is 1. The lowest BCUT2D eigenvalue weighted by molar-refractivity contribution is 0.122. The van der Waals surface area contributed by atoms with E-state index in [1.165, 1.54) is 27.8 Å². The van der Waals surface area contributed by atoms with Crippen LogP contribution in [-0.4, -0.2) is 83.9 Å². The van der Waals surface area contributed by atoms with E-state index in [4.69, 9.17) is 14.7 Å². The van der Waals surface area contributed by atoms with Crippen LogP contribution >= 0.6 is 11.3 Å². The van der Waals surface area contributed by atoms with Gasteiger partial charge in [-0.2, -0.15) is 4.98 Å². The van der Waals surface area contributed by atoms with Gasteiger partial charge in [-0.05, 0) is 52.1 Å². The van der Waals surface area contributed by atoms with Crippen LogP contribution in [-0.2, 0) is 11.3 Å². The van der Waals surface area contributed by atoms with Gasteiger partial charge in [0.2, 0.25) is 5.95 Å². The van der Waals surface area contributed by atoms with Crippen molar-refractivity contribution in [2.45, 2.75) is 32.4 Å². The van der Waals surface area contributed by atoms with Crippen LogP contribution in [0.2, 0.25) is 0 Å². The number of ether oxygens (including phenoxy) is 1. The van der Waals surface area contributed by atoms with Gasteiger partial charge in [-0.3, -0.25) is 9.47 Å². The molecule has 0 aliphatic carbocycles. The molecule has 0 radical (unpaired) electrons. The Kier molecular flexibility index (Phi) is 6.22. The Balaban J connectivity index is 1.38. The fraction of sp³-hybridized carbons (Fsp3) is 0.481. The summed E-state index contributed by atoms with van der Waals surface area (Å²) in [6.45, 7) is 8.64. The molecule has 0 saturated carbocycles. The Morgan fingerprint density at radius 2 is 1.80 bits per heavy atom. The lowest BCUT2D eigenvalue weighted by atomic mass is 10.0. The van der Waals surface area contributed by atoms with Crippen molar-refractivity contribution in [1.29, 1.82) is 0 Å². The molecule has 4 aromatic rings. The van der Waals surface area contributed by atoms with Crippen LogP contribution in [0.3, 0.4) is 0 Å². The quantitative estimate of drug-likeness (QED) is 0.416. The Labute approximate surface area is 210 Å². The van der Waals surface area contributed by atoms with Crippen molar-refractivity contribution in [2.75, 3.05) is 58.4 Å². The molecule has 0 bridgehead atoms. The molecule has 7 nitrogen and oxygen atoms in total. The van der Waals surface area contributed by atoms with Gasteiger partial charge in [0.05, 0.1) is 28.9 Å². The summed E-state index contributed by atoms with van der Waals surface area (Å²) >= 11 is 1.86. The lowest BCUT2D eigenvalue weighted by Gasteiger charge is -2.34. The fourth-order valence-corrected chi connectivity index (χ4v) is 6.65. The summed E-state index contributed by atoms with van der Waals surface area (Å²) in [5, 5.41) is 1.22. The van der Waals surface area contributed by atoms with Gasteiger partial charge in [0, 0.05) is 54.7 Å². The number of nitrogens with zero attached hydrogens (tertiary/aromatic N) is 6. The average molecular weight is 491 g/mol. The molecule has 5 heterocycles. The lowest BCUT2D eigenvalue weighted by Crippen LogP contribution is -2.41. The average Bonchev–Trinajstić information content (AvgIpc) is 3.43. The Bertz CT molecular complexity index is 1330. The smallest absolute Gasteiger partial charge is 0.236 e. The molecule has 0 unspecified atom stereocenters. The number of piperidine rings is 1. The van der Waals surface area contributed by atoms with Gasteiger partial charge in [0.25, 0.3) is 0 Å². The molecule has 184 valence electrons. The molecule has 2 aliphatic rings. The minimum absolute atomic E-state index is 0.703. The highest BCUT2D eigenvalue weighted by Gasteiger charge is 2.24. The molecule has 0 N–H and O–H groups in total. The first-order chi connectivity index (χ1) is 17.1. The van der Waals surface area contributed by atoms with E-state index in [2.05, 4.69) is 76.7 Å². The molecule has 35 heavy (non-hydrogen) atoms. The number of hydrogen-bond acceptors (Lipinski definition) is 7. The van der Waals surface area contributed by atoms with Crippen LogP contribution in [0.4, 0.5) is 5.82 Å². The van der Waals surface area contributed by atoms with Crippen LogP contribution < -0.4 is 4.90 Å². The van der Waals surface area contributed by atoms with Crippen LogP contribution in [0, 0.1) is 6.92 Å². The summed E-state index contributed by atoms with van der Waals surface area (Å²) in [6.07, 6.45) is 2.47. The normalized spacial score (nSPS) is 18.3. The van der Waals surface area contributed by atoms with E-state index in [0.29, 0.717) is 6.04 Å². The van der Waals surface area contributed by atoms with E-state index in [1.54, 1.807) is 0 Å². The zero-order chi connectivity index (χ0) is 23.9. The minimum Gasteiger partial charge on any atom is -0.378 e. The highest BCUT2D eigenvalue weighted by molar-refractivity contribution is 7.19. The highest BCUT2D eigenvalue weighted by Crippen LogP contribution is 2.35. The summed E-state index contributed by atoms with van der Waals surface area (Å²) in [5.41, 5.74) is 3.35. The van der Waals surface area contributed by atoms with Crippen LogP contribution in [0.25, 0.3) is 27.1 Å². The Morgan fingerprint density at radius 1 is 1.03 bits per heavy atom. The van der Waals surface area contributed by atoms with Crippen LogP contribution in [0.1, 0.15) is 23.4 Å². The van der Waals surface area contributed by atoms with Crippen molar-refractivity contribution >= 4 is 38.3 Å². The van der Waals surface area contributed by atoms with Gasteiger partial charge in [-0.25, -0.2) is 4.98 Å². The zero-order valence-electron chi connectivity index (χ0n) is 20.9. The number of para-hydroxylation sites is 1. The third-order valence-corrected chi connectivity index (χ3v) is 8.57. The molecule has 0 atom stereocenters.